The number of aromatic nitrogens is 1. The maximum absolute atomic E-state index is 11.2. The van der Waals surface area contributed by atoms with Crippen molar-refractivity contribution < 1.29 is 9.90 Å². The molecule has 1 saturated heterocycles. The highest BCUT2D eigenvalue weighted by Crippen LogP contribution is 2.25. The zero-order valence-corrected chi connectivity index (χ0v) is 9.06. The van der Waals surface area contributed by atoms with Gasteiger partial charge in [-0.15, -0.1) is 0 Å². The van der Waals surface area contributed by atoms with E-state index in [4.69, 9.17) is 5.11 Å². The molecule has 86 valence electrons. The molecule has 0 spiro atoms. The first-order valence-corrected chi connectivity index (χ1v) is 5.22. The minimum Gasteiger partial charge on any atom is -0.477 e. The fourth-order valence-corrected chi connectivity index (χ4v) is 2.10. The lowest BCUT2D eigenvalue weighted by Crippen LogP contribution is -2.19. The van der Waals surface area contributed by atoms with E-state index < -0.39 is 11.5 Å². The summed E-state index contributed by atoms with van der Waals surface area (Å²) in [6.45, 7) is 1.91. The third-order valence-electron chi connectivity index (χ3n) is 3.02. The van der Waals surface area contributed by atoms with E-state index in [9.17, 15) is 9.59 Å². The molecule has 1 unspecified atom stereocenters. The molecular weight excluding hydrogens is 208 g/mol. The highest BCUT2D eigenvalue weighted by Gasteiger charge is 2.22. The maximum atomic E-state index is 11.2. The number of hydrogen-bond donors (Lipinski definition) is 2. The van der Waals surface area contributed by atoms with Crippen LogP contribution in [0.4, 0.5) is 0 Å². The van der Waals surface area contributed by atoms with E-state index >= 15 is 0 Å². The lowest BCUT2D eigenvalue weighted by atomic mass is 9.99. The minimum atomic E-state index is -1.17. The van der Waals surface area contributed by atoms with Gasteiger partial charge in [0.15, 0.2) is 0 Å². The van der Waals surface area contributed by atoms with Crippen LogP contribution in [-0.2, 0) is 0 Å². The smallest absolute Gasteiger partial charge is 0.341 e. The first-order valence-electron chi connectivity index (χ1n) is 5.22. The summed E-state index contributed by atoms with van der Waals surface area (Å²) in [5.41, 5.74) is 0.191. The number of nitrogens with zero attached hydrogens (tertiary/aromatic N) is 1. The van der Waals surface area contributed by atoms with Crippen molar-refractivity contribution in [2.45, 2.75) is 12.3 Å². The summed E-state index contributed by atoms with van der Waals surface area (Å²) >= 11 is 0. The second-order valence-corrected chi connectivity index (χ2v) is 4.23. The standard InChI is InChI=1S/C11H14N2O3/c1-13-3-2-7(6-13)8-4-9(11(15)16)10(14)12-5-8/h4-5,7H,2-3,6H2,1H3,(H,12,14)(H,15,16). The molecule has 1 fully saturated rings. The number of carbonyl (C=O) groups is 1. The fraction of sp³-hybridized carbons (Fsp3) is 0.455. The molecule has 5 heteroatoms. The van der Waals surface area contributed by atoms with Crippen molar-refractivity contribution in [3.8, 4) is 0 Å². The summed E-state index contributed by atoms with van der Waals surface area (Å²) in [5, 5.41) is 8.85. The average molecular weight is 222 g/mol. The largest absolute Gasteiger partial charge is 0.477 e. The number of likely N-dealkylation sites (N-methyl/N-ethyl adjacent to an activating group) is 1. The summed E-state index contributed by atoms with van der Waals surface area (Å²) in [6, 6.07) is 1.49. The highest BCUT2D eigenvalue weighted by molar-refractivity contribution is 5.87. The van der Waals surface area contributed by atoms with Gasteiger partial charge in [-0.25, -0.2) is 4.79 Å². The Morgan fingerprint density at radius 3 is 2.94 bits per heavy atom. The van der Waals surface area contributed by atoms with Crippen LogP contribution in [0.5, 0.6) is 0 Å². The quantitative estimate of drug-likeness (QED) is 0.764. The van der Waals surface area contributed by atoms with Gasteiger partial charge in [-0.1, -0.05) is 0 Å². The fourth-order valence-electron chi connectivity index (χ4n) is 2.10. The third-order valence-corrected chi connectivity index (χ3v) is 3.02. The van der Waals surface area contributed by atoms with Crippen molar-refractivity contribution in [1.29, 1.82) is 0 Å². The summed E-state index contributed by atoms with van der Waals surface area (Å²) in [7, 11) is 2.03. The molecule has 2 heterocycles. The van der Waals surface area contributed by atoms with E-state index in [1.165, 1.54) is 6.07 Å². The van der Waals surface area contributed by atoms with Gasteiger partial charge in [-0.3, -0.25) is 4.79 Å². The van der Waals surface area contributed by atoms with Gasteiger partial charge in [-0.05, 0) is 37.6 Å². The van der Waals surface area contributed by atoms with Crippen molar-refractivity contribution in [2.75, 3.05) is 20.1 Å². The number of carboxylic acids is 1. The molecule has 16 heavy (non-hydrogen) atoms. The van der Waals surface area contributed by atoms with Gasteiger partial charge in [0.25, 0.3) is 5.56 Å². The number of carboxylic acid groups (broad SMARTS) is 1. The molecule has 0 bridgehead atoms. The van der Waals surface area contributed by atoms with E-state index in [0.29, 0.717) is 5.92 Å². The number of aromatic carboxylic acids is 1. The highest BCUT2D eigenvalue weighted by atomic mass is 16.4. The summed E-state index contributed by atoms with van der Waals surface area (Å²) in [5.74, 6) is -0.852. The van der Waals surface area contributed by atoms with Crippen LogP contribution in [0.3, 0.4) is 0 Å². The van der Waals surface area contributed by atoms with Crippen LogP contribution in [0.1, 0.15) is 28.3 Å². The lowest BCUT2D eigenvalue weighted by Gasteiger charge is -2.10. The molecule has 1 aliphatic heterocycles. The van der Waals surface area contributed by atoms with E-state index in [1.54, 1.807) is 6.20 Å². The summed E-state index contributed by atoms with van der Waals surface area (Å²) in [4.78, 5) is 26.7. The van der Waals surface area contributed by atoms with Crippen LogP contribution in [0.15, 0.2) is 17.1 Å². The lowest BCUT2D eigenvalue weighted by molar-refractivity contribution is 0.0695. The molecule has 0 saturated carbocycles. The van der Waals surface area contributed by atoms with E-state index in [2.05, 4.69) is 9.88 Å². The number of nitrogens with one attached hydrogen (secondary N) is 1. The Balaban J connectivity index is 2.33. The van der Waals surface area contributed by atoms with Crippen molar-refractivity contribution in [3.05, 3.63) is 33.7 Å². The monoisotopic (exact) mass is 222 g/mol. The molecule has 1 aliphatic rings. The van der Waals surface area contributed by atoms with E-state index in [1.807, 2.05) is 7.05 Å². The van der Waals surface area contributed by atoms with Crippen molar-refractivity contribution in [2.24, 2.45) is 0 Å². The second kappa shape index (κ2) is 4.09. The van der Waals surface area contributed by atoms with Crippen LogP contribution in [0.25, 0.3) is 0 Å². The Kier molecular flexibility index (Phi) is 2.78. The minimum absolute atomic E-state index is 0.174. The van der Waals surface area contributed by atoms with Gasteiger partial charge < -0.3 is 15.0 Å². The SMILES string of the molecule is CN1CCC(c2c[nH]c(=O)c(C(=O)O)c2)C1. The third kappa shape index (κ3) is 1.99. The number of H-pyrrole nitrogens is 1. The Morgan fingerprint density at radius 2 is 2.38 bits per heavy atom. The number of pyridine rings is 1. The number of hydrogen-bond acceptors (Lipinski definition) is 3. The molecule has 0 amide bonds. The van der Waals surface area contributed by atoms with Gasteiger partial charge in [0.05, 0.1) is 0 Å². The Morgan fingerprint density at radius 1 is 1.62 bits per heavy atom. The zero-order chi connectivity index (χ0) is 11.7. The molecule has 0 aliphatic carbocycles. The first-order chi connectivity index (χ1) is 7.58. The Hall–Kier alpha value is -1.62. The number of likely N-dealkylation sites (tertiary alicyclic amines) is 1. The summed E-state index contributed by atoms with van der Waals surface area (Å²) in [6.07, 6.45) is 2.63. The van der Waals surface area contributed by atoms with Crippen LogP contribution < -0.4 is 5.56 Å². The van der Waals surface area contributed by atoms with Gasteiger partial charge in [0, 0.05) is 12.7 Å². The van der Waals surface area contributed by atoms with Crippen LogP contribution in [0, 0.1) is 0 Å². The van der Waals surface area contributed by atoms with E-state index in [-0.39, 0.29) is 5.56 Å². The van der Waals surface area contributed by atoms with Crippen molar-refractivity contribution in [3.63, 3.8) is 0 Å². The molecular formula is C11H14N2O3. The van der Waals surface area contributed by atoms with Gasteiger partial charge in [-0.2, -0.15) is 0 Å². The van der Waals surface area contributed by atoms with Crippen molar-refractivity contribution >= 4 is 5.97 Å². The number of aromatic amines is 1. The van der Waals surface area contributed by atoms with E-state index in [0.717, 1.165) is 25.1 Å². The predicted molar refractivity (Wildman–Crippen MR) is 58.9 cm³/mol. The second-order valence-electron chi connectivity index (χ2n) is 4.23. The van der Waals surface area contributed by atoms with Crippen LogP contribution in [0.2, 0.25) is 0 Å². The van der Waals surface area contributed by atoms with Crippen LogP contribution >= 0.6 is 0 Å². The molecule has 5 nitrogen and oxygen atoms in total. The Bertz CT molecular complexity index is 467. The molecule has 2 N–H and O–H groups in total. The average Bonchev–Trinajstić information content (AvgIpc) is 2.65. The molecule has 1 aromatic heterocycles. The zero-order valence-electron chi connectivity index (χ0n) is 9.06. The normalized spacial score (nSPS) is 21.2. The van der Waals surface area contributed by atoms with Gasteiger partial charge >= 0.3 is 5.97 Å². The molecule has 1 atom stereocenters. The molecule has 0 radical (unpaired) electrons. The van der Waals surface area contributed by atoms with Crippen molar-refractivity contribution in [1.82, 2.24) is 9.88 Å². The molecule has 1 aromatic rings. The summed E-state index contributed by atoms with van der Waals surface area (Å²) < 4.78 is 0. The number of rotatable bonds is 2. The van der Waals surface area contributed by atoms with Gasteiger partial charge in [0.2, 0.25) is 0 Å². The predicted octanol–water partition coefficient (Wildman–Crippen LogP) is 0.492. The molecule has 0 aromatic carbocycles. The first kappa shape index (κ1) is 10.9. The van der Waals surface area contributed by atoms with Crippen LogP contribution in [-0.4, -0.2) is 41.1 Å². The van der Waals surface area contributed by atoms with Gasteiger partial charge in [0.1, 0.15) is 5.56 Å². The molecule has 2 rings (SSSR count). The topological polar surface area (TPSA) is 73.4 Å². The maximum Gasteiger partial charge on any atom is 0.341 e. The Labute approximate surface area is 92.7 Å².